The van der Waals surface area contributed by atoms with Gasteiger partial charge in [-0.3, -0.25) is 10.1 Å². The fourth-order valence-electron chi connectivity index (χ4n) is 4.18. The summed E-state index contributed by atoms with van der Waals surface area (Å²) >= 11 is 0. The predicted octanol–water partition coefficient (Wildman–Crippen LogP) is 4.34. The Hall–Kier alpha value is -4.64. The molecule has 0 aliphatic carbocycles. The smallest absolute Gasteiger partial charge is 0.180 e. The van der Waals surface area contributed by atoms with Gasteiger partial charge in [0.15, 0.2) is 17.3 Å². The molecule has 0 amide bonds. The summed E-state index contributed by atoms with van der Waals surface area (Å²) in [6.45, 7) is 3.79. The number of nitrogens with zero attached hydrogens (tertiary/aromatic N) is 6. The predicted molar refractivity (Wildman–Crippen MR) is 134 cm³/mol. The minimum absolute atomic E-state index is 0.205. The number of aliphatic hydroxyl groups excluding tert-OH is 1. The van der Waals surface area contributed by atoms with Crippen molar-refractivity contribution in [3.8, 4) is 28.3 Å². The Balaban J connectivity index is 1.46. The van der Waals surface area contributed by atoms with E-state index in [1.165, 1.54) is 6.07 Å². The van der Waals surface area contributed by atoms with E-state index in [0.717, 1.165) is 16.9 Å². The van der Waals surface area contributed by atoms with Crippen molar-refractivity contribution in [2.45, 2.75) is 26.5 Å². The maximum absolute atomic E-state index is 15.1. The molecule has 10 nitrogen and oxygen atoms in total. The zero-order valence-corrected chi connectivity index (χ0v) is 19.5. The van der Waals surface area contributed by atoms with Crippen LogP contribution in [0.25, 0.3) is 50.4 Å². The van der Waals surface area contributed by atoms with Gasteiger partial charge in [-0.05, 0) is 43.2 Å². The molecule has 36 heavy (non-hydrogen) atoms. The minimum Gasteiger partial charge on any atom is -0.374 e. The van der Waals surface area contributed by atoms with Gasteiger partial charge in [0, 0.05) is 29.5 Å². The fourth-order valence-corrected chi connectivity index (χ4v) is 4.18. The molecular formula is C25H22FN9O. The number of aryl methyl sites for hydroxylation is 1. The number of benzene rings is 1. The van der Waals surface area contributed by atoms with E-state index in [0.29, 0.717) is 45.8 Å². The number of aromatic amines is 2. The third-order valence-corrected chi connectivity index (χ3v) is 6.00. The summed E-state index contributed by atoms with van der Waals surface area (Å²) < 4.78 is 17.0. The first-order valence-corrected chi connectivity index (χ1v) is 11.4. The molecule has 1 unspecified atom stereocenters. The summed E-state index contributed by atoms with van der Waals surface area (Å²) in [5.74, 6) is 0.0150. The van der Waals surface area contributed by atoms with Crippen molar-refractivity contribution in [3.05, 3.63) is 66.9 Å². The molecule has 5 aromatic heterocycles. The number of pyridine rings is 2. The van der Waals surface area contributed by atoms with E-state index in [1.807, 2.05) is 42.8 Å². The fraction of sp³-hybridized carbons (Fsp3) is 0.160. The number of hydrogen-bond donors (Lipinski definition) is 4. The van der Waals surface area contributed by atoms with Crippen LogP contribution < -0.4 is 5.32 Å². The first-order chi connectivity index (χ1) is 17.5. The number of anilines is 1. The van der Waals surface area contributed by atoms with Crippen molar-refractivity contribution < 1.29 is 9.50 Å². The van der Waals surface area contributed by atoms with Gasteiger partial charge in [0.2, 0.25) is 0 Å². The maximum Gasteiger partial charge on any atom is 0.180 e. The molecule has 180 valence electrons. The number of hydrogen-bond acceptors (Lipinski definition) is 7. The molecule has 0 aliphatic heterocycles. The topological polar surface area (TPSA) is 133 Å². The second kappa shape index (κ2) is 8.54. The Labute approximate surface area is 204 Å². The second-order valence-corrected chi connectivity index (χ2v) is 8.52. The quantitative estimate of drug-likeness (QED) is 0.259. The third-order valence-electron chi connectivity index (χ3n) is 6.00. The maximum atomic E-state index is 15.1. The largest absolute Gasteiger partial charge is 0.374 e. The number of aromatic nitrogens is 8. The highest BCUT2D eigenvalue weighted by molar-refractivity contribution is 5.96. The molecule has 6 rings (SSSR count). The van der Waals surface area contributed by atoms with Crippen molar-refractivity contribution >= 4 is 27.8 Å². The minimum atomic E-state index is -0.695. The first-order valence-electron chi connectivity index (χ1n) is 11.4. The van der Waals surface area contributed by atoms with Gasteiger partial charge in [0.1, 0.15) is 23.0 Å². The summed E-state index contributed by atoms with van der Waals surface area (Å²) in [5, 5.41) is 20.6. The van der Waals surface area contributed by atoms with Crippen LogP contribution in [0.15, 0.2) is 55.4 Å². The van der Waals surface area contributed by atoms with Gasteiger partial charge in [-0.25, -0.2) is 19.3 Å². The van der Waals surface area contributed by atoms with Gasteiger partial charge in [0.25, 0.3) is 0 Å². The lowest BCUT2D eigenvalue weighted by atomic mass is 10.0. The summed E-state index contributed by atoms with van der Waals surface area (Å²) in [7, 11) is 0. The van der Waals surface area contributed by atoms with E-state index in [2.05, 4.69) is 40.4 Å². The van der Waals surface area contributed by atoms with Crippen LogP contribution in [0.5, 0.6) is 0 Å². The monoisotopic (exact) mass is 483 g/mol. The van der Waals surface area contributed by atoms with Crippen LogP contribution in [0.2, 0.25) is 0 Å². The Kier molecular flexibility index (Phi) is 5.19. The molecule has 0 fully saturated rings. The van der Waals surface area contributed by atoms with Crippen molar-refractivity contribution in [1.29, 1.82) is 0 Å². The molecule has 1 atom stereocenters. The van der Waals surface area contributed by atoms with Gasteiger partial charge in [0.05, 0.1) is 29.6 Å². The highest BCUT2D eigenvalue weighted by Crippen LogP contribution is 2.33. The van der Waals surface area contributed by atoms with E-state index in [9.17, 15) is 5.11 Å². The van der Waals surface area contributed by atoms with Crippen molar-refractivity contribution in [3.63, 3.8) is 0 Å². The standard InChI is InChI=1S/C25H22FN9O/c1-3-20(36)30-16-6-15(9-27-10-16)14-7-17-21(18(26)8-14)33-34-22(17)25-31-23-19(4-5-28-24(23)32-25)35-11-13(2)29-12-35/h4-12,20,30,36H,3H2,1-2H3,(H,33,34)(H,28,31,32). The molecule has 0 bridgehead atoms. The van der Waals surface area contributed by atoms with Crippen LogP contribution in [0, 0.1) is 12.7 Å². The molecule has 6 aromatic rings. The zero-order chi connectivity index (χ0) is 24.8. The van der Waals surface area contributed by atoms with E-state index in [-0.39, 0.29) is 5.52 Å². The molecular weight excluding hydrogens is 461 g/mol. The third kappa shape index (κ3) is 3.75. The van der Waals surface area contributed by atoms with E-state index >= 15 is 4.39 Å². The van der Waals surface area contributed by atoms with Gasteiger partial charge >= 0.3 is 0 Å². The van der Waals surface area contributed by atoms with Crippen LogP contribution in [-0.2, 0) is 0 Å². The number of H-pyrrole nitrogens is 2. The number of imidazole rings is 2. The number of halogens is 1. The number of fused-ring (bicyclic) bond motifs is 2. The Morgan fingerprint density at radius 2 is 2.06 bits per heavy atom. The highest BCUT2D eigenvalue weighted by Gasteiger charge is 2.18. The molecule has 0 saturated heterocycles. The molecule has 0 saturated carbocycles. The van der Waals surface area contributed by atoms with Crippen LogP contribution >= 0.6 is 0 Å². The summed E-state index contributed by atoms with van der Waals surface area (Å²) in [5.41, 5.74) is 5.68. The first kappa shape index (κ1) is 21.9. The van der Waals surface area contributed by atoms with Gasteiger partial charge in [-0.2, -0.15) is 5.10 Å². The van der Waals surface area contributed by atoms with Crippen LogP contribution in [0.4, 0.5) is 10.1 Å². The van der Waals surface area contributed by atoms with Crippen molar-refractivity contribution in [2.24, 2.45) is 0 Å². The molecule has 4 N–H and O–H groups in total. The highest BCUT2D eigenvalue weighted by atomic mass is 19.1. The van der Waals surface area contributed by atoms with Crippen LogP contribution in [0.3, 0.4) is 0 Å². The average Bonchev–Trinajstić information content (AvgIpc) is 3.61. The van der Waals surface area contributed by atoms with E-state index in [1.54, 1.807) is 24.9 Å². The molecule has 11 heteroatoms. The van der Waals surface area contributed by atoms with Crippen molar-refractivity contribution in [2.75, 3.05) is 5.32 Å². The van der Waals surface area contributed by atoms with Gasteiger partial charge in [-0.1, -0.05) is 6.92 Å². The average molecular weight is 484 g/mol. The zero-order valence-electron chi connectivity index (χ0n) is 19.5. The summed E-state index contributed by atoms with van der Waals surface area (Å²) in [6, 6.07) is 6.95. The summed E-state index contributed by atoms with van der Waals surface area (Å²) in [6.07, 6.45) is 8.43. The molecule has 0 radical (unpaired) electrons. The lowest BCUT2D eigenvalue weighted by molar-refractivity contribution is 0.199. The lowest BCUT2D eigenvalue weighted by Crippen LogP contribution is -2.16. The van der Waals surface area contributed by atoms with Gasteiger partial charge < -0.3 is 20.0 Å². The molecule has 0 aliphatic rings. The summed E-state index contributed by atoms with van der Waals surface area (Å²) in [4.78, 5) is 20.9. The number of rotatable bonds is 6. The molecule has 5 heterocycles. The Morgan fingerprint density at radius 1 is 1.17 bits per heavy atom. The van der Waals surface area contributed by atoms with E-state index in [4.69, 9.17) is 0 Å². The molecule has 1 aromatic carbocycles. The van der Waals surface area contributed by atoms with Crippen LogP contribution in [0.1, 0.15) is 19.0 Å². The second-order valence-electron chi connectivity index (χ2n) is 8.52. The van der Waals surface area contributed by atoms with E-state index < -0.39 is 12.0 Å². The SMILES string of the molecule is CCC(O)Nc1cncc(-c2cc(F)c3n[nH]c(-c4nc5nccc(-n6cnc(C)c6)c5[nH]4)c3c2)c1. The number of nitrogens with one attached hydrogen (secondary N) is 3. The lowest BCUT2D eigenvalue weighted by Gasteiger charge is -2.12. The van der Waals surface area contributed by atoms with Crippen LogP contribution in [-0.4, -0.2) is 51.0 Å². The number of aliphatic hydroxyl groups is 1. The molecule has 0 spiro atoms. The van der Waals surface area contributed by atoms with Crippen molar-refractivity contribution in [1.82, 2.24) is 39.7 Å². The Bertz CT molecular complexity index is 1720. The van der Waals surface area contributed by atoms with Gasteiger partial charge in [-0.15, -0.1) is 0 Å². The normalized spacial score (nSPS) is 12.4. The Morgan fingerprint density at radius 3 is 2.86 bits per heavy atom.